The molecule has 0 spiro atoms. The van der Waals surface area contributed by atoms with Crippen LogP contribution in [0, 0.1) is 0 Å². The van der Waals surface area contributed by atoms with Crippen LogP contribution in [0.3, 0.4) is 0 Å². The lowest BCUT2D eigenvalue weighted by molar-refractivity contribution is 0.309. The zero-order chi connectivity index (χ0) is 12.8. The van der Waals surface area contributed by atoms with Crippen molar-refractivity contribution in [2.45, 2.75) is 39.2 Å². The lowest BCUT2D eigenvalue weighted by Gasteiger charge is -2.18. The van der Waals surface area contributed by atoms with Crippen molar-refractivity contribution in [3.8, 4) is 11.5 Å². The first kappa shape index (κ1) is 13.2. The first-order valence-corrected chi connectivity index (χ1v) is 6.98. The van der Waals surface area contributed by atoms with Gasteiger partial charge < -0.3 is 14.8 Å². The van der Waals surface area contributed by atoms with Crippen molar-refractivity contribution in [1.29, 1.82) is 0 Å². The quantitative estimate of drug-likeness (QED) is 0.868. The molecule has 0 radical (unpaired) electrons. The largest absolute Gasteiger partial charge is 0.494 e. The molecule has 100 valence electrons. The maximum absolute atomic E-state index is 5.79. The van der Waals surface area contributed by atoms with Crippen LogP contribution in [0.1, 0.15) is 44.7 Å². The molecule has 1 aliphatic rings. The maximum Gasteiger partial charge on any atom is 0.124 e. The predicted octanol–water partition coefficient (Wildman–Crippen LogP) is 3.30. The Labute approximate surface area is 109 Å². The van der Waals surface area contributed by atoms with Gasteiger partial charge in [-0.15, -0.1) is 0 Å². The fourth-order valence-electron chi connectivity index (χ4n) is 2.32. The molecule has 0 bridgehead atoms. The SMILES string of the molecule is CCCOc1ccc2c(c1)C(NCC)CCCO2. The second-order valence-corrected chi connectivity index (χ2v) is 4.65. The summed E-state index contributed by atoms with van der Waals surface area (Å²) in [6.45, 7) is 6.82. The topological polar surface area (TPSA) is 30.5 Å². The molecule has 2 rings (SSSR count). The molecule has 1 aromatic rings. The number of rotatable bonds is 5. The van der Waals surface area contributed by atoms with Gasteiger partial charge >= 0.3 is 0 Å². The van der Waals surface area contributed by atoms with E-state index in [1.165, 1.54) is 5.56 Å². The summed E-state index contributed by atoms with van der Waals surface area (Å²) in [6.07, 6.45) is 3.25. The van der Waals surface area contributed by atoms with Gasteiger partial charge in [0.2, 0.25) is 0 Å². The van der Waals surface area contributed by atoms with Crippen molar-refractivity contribution < 1.29 is 9.47 Å². The highest BCUT2D eigenvalue weighted by Gasteiger charge is 2.19. The third-order valence-corrected chi connectivity index (χ3v) is 3.17. The van der Waals surface area contributed by atoms with E-state index in [2.05, 4.69) is 25.2 Å². The molecule has 3 heteroatoms. The molecule has 1 aromatic carbocycles. The van der Waals surface area contributed by atoms with Crippen molar-refractivity contribution >= 4 is 0 Å². The highest BCUT2D eigenvalue weighted by Crippen LogP contribution is 2.34. The van der Waals surface area contributed by atoms with Gasteiger partial charge in [-0.2, -0.15) is 0 Å². The Morgan fingerprint density at radius 2 is 2.28 bits per heavy atom. The molecule has 1 heterocycles. The van der Waals surface area contributed by atoms with Gasteiger partial charge in [-0.05, 0) is 44.0 Å². The van der Waals surface area contributed by atoms with Crippen LogP contribution >= 0.6 is 0 Å². The molecule has 0 aromatic heterocycles. The third kappa shape index (κ3) is 3.16. The molecule has 3 nitrogen and oxygen atoms in total. The van der Waals surface area contributed by atoms with E-state index in [-0.39, 0.29) is 0 Å². The predicted molar refractivity (Wildman–Crippen MR) is 73.4 cm³/mol. The number of ether oxygens (including phenoxy) is 2. The third-order valence-electron chi connectivity index (χ3n) is 3.17. The lowest BCUT2D eigenvalue weighted by atomic mass is 10.0. The Bertz CT molecular complexity index is 379. The van der Waals surface area contributed by atoms with Gasteiger partial charge in [-0.3, -0.25) is 0 Å². The molecule has 0 saturated heterocycles. The number of hydrogen-bond donors (Lipinski definition) is 1. The van der Waals surface area contributed by atoms with Gasteiger partial charge in [0, 0.05) is 11.6 Å². The van der Waals surface area contributed by atoms with E-state index >= 15 is 0 Å². The average molecular weight is 249 g/mol. The Kier molecular flexibility index (Phi) is 4.88. The smallest absolute Gasteiger partial charge is 0.124 e. The zero-order valence-electron chi connectivity index (χ0n) is 11.4. The normalized spacial score (nSPS) is 18.7. The molecule has 0 amide bonds. The fraction of sp³-hybridized carbons (Fsp3) is 0.600. The summed E-state index contributed by atoms with van der Waals surface area (Å²) >= 11 is 0. The summed E-state index contributed by atoms with van der Waals surface area (Å²) in [5.74, 6) is 1.95. The monoisotopic (exact) mass is 249 g/mol. The van der Waals surface area contributed by atoms with Gasteiger partial charge in [0.25, 0.3) is 0 Å². The lowest BCUT2D eigenvalue weighted by Crippen LogP contribution is -2.20. The first-order chi connectivity index (χ1) is 8.85. The molecule has 1 aliphatic heterocycles. The minimum absolute atomic E-state index is 0.387. The van der Waals surface area contributed by atoms with E-state index in [4.69, 9.17) is 9.47 Å². The number of nitrogens with one attached hydrogen (secondary N) is 1. The fourth-order valence-corrected chi connectivity index (χ4v) is 2.32. The van der Waals surface area contributed by atoms with Crippen molar-refractivity contribution in [3.63, 3.8) is 0 Å². The summed E-state index contributed by atoms with van der Waals surface area (Å²) in [4.78, 5) is 0. The van der Waals surface area contributed by atoms with E-state index in [9.17, 15) is 0 Å². The molecule has 1 unspecified atom stereocenters. The van der Waals surface area contributed by atoms with Gasteiger partial charge in [0.05, 0.1) is 13.2 Å². The van der Waals surface area contributed by atoms with E-state index in [1.54, 1.807) is 0 Å². The van der Waals surface area contributed by atoms with Crippen LogP contribution in [-0.2, 0) is 0 Å². The second kappa shape index (κ2) is 6.64. The van der Waals surface area contributed by atoms with E-state index < -0.39 is 0 Å². The van der Waals surface area contributed by atoms with Crippen LogP contribution in [0.2, 0.25) is 0 Å². The molecular formula is C15H23NO2. The standard InChI is InChI=1S/C15H23NO2/c1-3-9-17-12-7-8-15-13(11-12)14(16-4-2)6-5-10-18-15/h7-8,11,14,16H,3-6,9-10H2,1-2H3. The number of benzene rings is 1. The maximum atomic E-state index is 5.79. The minimum atomic E-state index is 0.387. The van der Waals surface area contributed by atoms with Gasteiger partial charge in [0.1, 0.15) is 11.5 Å². The van der Waals surface area contributed by atoms with Gasteiger partial charge in [-0.1, -0.05) is 13.8 Å². The minimum Gasteiger partial charge on any atom is -0.494 e. The Balaban J connectivity index is 2.21. The van der Waals surface area contributed by atoms with E-state index in [0.29, 0.717) is 6.04 Å². The molecular weight excluding hydrogens is 226 g/mol. The summed E-state index contributed by atoms with van der Waals surface area (Å²) in [5.41, 5.74) is 1.24. The molecule has 1 atom stereocenters. The second-order valence-electron chi connectivity index (χ2n) is 4.65. The van der Waals surface area contributed by atoms with Crippen molar-refractivity contribution in [2.24, 2.45) is 0 Å². The van der Waals surface area contributed by atoms with Crippen LogP contribution in [-0.4, -0.2) is 19.8 Å². The summed E-state index contributed by atoms with van der Waals surface area (Å²) < 4.78 is 11.5. The Morgan fingerprint density at radius 1 is 1.39 bits per heavy atom. The highest BCUT2D eigenvalue weighted by molar-refractivity contribution is 5.42. The van der Waals surface area contributed by atoms with Crippen LogP contribution in [0.5, 0.6) is 11.5 Å². The van der Waals surface area contributed by atoms with Crippen LogP contribution < -0.4 is 14.8 Å². The van der Waals surface area contributed by atoms with Crippen LogP contribution in [0.15, 0.2) is 18.2 Å². The number of fused-ring (bicyclic) bond motifs is 1. The number of hydrogen-bond acceptors (Lipinski definition) is 3. The molecule has 18 heavy (non-hydrogen) atoms. The van der Waals surface area contributed by atoms with Gasteiger partial charge in [0.15, 0.2) is 0 Å². The van der Waals surface area contributed by atoms with Crippen molar-refractivity contribution in [2.75, 3.05) is 19.8 Å². The summed E-state index contributed by atoms with van der Waals surface area (Å²) in [7, 11) is 0. The molecule has 0 saturated carbocycles. The molecule has 0 aliphatic carbocycles. The van der Waals surface area contributed by atoms with E-state index in [0.717, 1.165) is 50.5 Å². The van der Waals surface area contributed by atoms with Crippen molar-refractivity contribution in [3.05, 3.63) is 23.8 Å². The van der Waals surface area contributed by atoms with E-state index in [1.807, 2.05) is 12.1 Å². The Morgan fingerprint density at radius 3 is 3.06 bits per heavy atom. The summed E-state index contributed by atoms with van der Waals surface area (Å²) in [5, 5.41) is 3.53. The average Bonchev–Trinajstić information content (AvgIpc) is 2.59. The summed E-state index contributed by atoms with van der Waals surface area (Å²) in [6, 6.07) is 6.56. The van der Waals surface area contributed by atoms with Crippen molar-refractivity contribution in [1.82, 2.24) is 5.32 Å². The van der Waals surface area contributed by atoms with Gasteiger partial charge in [-0.25, -0.2) is 0 Å². The molecule has 0 fully saturated rings. The highest BCUT2D eigenvalue weighted by atomic mass is 16.5. The zero-order valence-corrected chi connectivity index (χ0v) is 11.4. The molecule has 1 N–H and O–H groups in total. The van der Waals surface area contributed by atoms with Crippen LogP contribution in [0.25, 0.3) is 0 Å². The van der Waals surface area contributed by atoms with Crippen LogP contribution in [0.4, 0.5) is 0 Å². The Hall–Kier alpha value is -1.22. The first-order valence-electron chi connectivity index (χ1n) is 6.98.